The van der Waals surface area contributed by atoms with Crippen molar-refractivity contribution < 1.29 is 18.7 Å². The standard InChI is InChI=1S/C20H18N2O5S/c1-12-8-16(17-9-25-14-4-2-3-5-15(14)26-17)27-20(24)18(12)19(23)21-7-6-13-10-28-11-22-13/h2-5,8,10-11,17H,6-7,9H2,1H3,(H,21,23). The summed E-state index contributed by atoms with van der Waals surface area (Å²) < 4.78 is 16.9. The molecule has 3 aromatic rings. The first kappa shape index (κ1) is 18.2. The van der Waals surface area contributed by atoms with Crippen LogP contribution in [0.25, 0.3) is 0 Å². The molecule has 3 heterocycles. The van der Waals surface area contributed by atoms with Crippen molar-refractivity contribution in [2.24, 2.45) is 0 Å². The van der Waals surface area contributed by atoms with Gasteiger partial charge in [0.15, 0.2) is 23.4 Å². The van der Waals surface area contributed by atoms with E-state index < -0.39 is 17.6 Å². The Morgan fingerprint density at radius 1 is 1.32 bits per heavy atom. The Morgan fingerprint density at radius 2 is 2.14 bits per heavy atom. The van der Waals surface area contributed by atoms with Crippen LogP contribution in [0.4, 0.5) is 0 Å². The van der Waals surface area contributed by atoms with Gasteiger partial charge in [-0.3, -0.25) is 4.79 Å². The van der Waals surface area contributed by atoms with Crippen LogP contribution in [-0.4, -0.2) is 24.0 Å². The Kier molecular flexibility index (Phi) is 5.12. The molecule has 1 atom stereocenters. The Bertz CT molecular complexity index is 1040. The molecule has 1 aliphatic heterocycles. The van der Waals surface area contributed by atoms with E-state index in [1.165, 1.54) is 11.3 Å². The fourth-order valence-electron chi connectivity index (χ4n) is 2.98. The van der Waals surface area contributed by atoms with Crippen LogP contribution in [0.15, 0.2) is 50.4 Å². The van der Waals surface area contributed by atoms with Crippen molar-refractivity contribution in [2.75, 3.05) is 13.2 Å². The highest BCUT2D eigenvalue weighted by atomic mass is 32.1. The van der Waals surface area contributed by atoms with E-state index in [0.29, 0.717) is 35.8 Å². The number of thiazole rings is 1. The number of nitrogens with zero attached hydrogens (tertiary/aromatic N) is 1. The summed E-state index contributed by atoms with van der Waals surface area (Å²) in [6.45, 7) is 2.31. The number of fused-ring (bicyclic) bond motifs is 1. The summed E-state index contributed by atoms with van der Waals surface area (Å²) in [7, 11) is 0. The van der Waals surface area contributed by atoms with E-state index in [2.05, 4.69) is 10.3 Å². The van der Waals surface area contributed by atoms with Crippen molar-refractivity contribution in [1.29, 1.82) is 0 Å². The second kappa shape index (κ2) is 7.85. The largest absolute Gasteiger partial charge is 0.485 e. The molecule has 144 valence electrons. The zero-order chi connectivity index (χ0) is 19.5. The molecular formula is C20H18N2O5S. The third-order valence-electron chi connectivity index (χ3n) is 4.37. The third kappa shape index (κ3) is 3.77. The van der Waals surface area contributed by atoms with Gasteiger partial charge in [-0.2, -0.15) is 0 Å². The summed E-state index contributed by atoms with van der Waals surface area (Å²) in [5, 5.41) is 4.66. The monoisotopic (exact) mass is 398 g/mol. The number of amides is 1. The van der Waals surface area contributed by atoms with Gasteiger partial charge in [0.2, 0.25) is 0 Å². The van der Waals surface area contributed by atoms with Crippen LogP contribution >= 0.6 is 11.3 Å². The van der Waals surface area contributed by atoms with E-state index in [1.807, 2.05) is 23.6 Å². The molecule has 0 spiro atoms. The van der Waals surface area contributed by atoms with Crippen LogP contribution < -0.4 is 20.4 Å². The molecule has 1 unspecified atom stereocenters. The van der Waals surface area contributed by atoms with Crippen LogP contribution in [0.1, 0.15) is 33.5 Å². The third-order valence-corrected chi connectivity index (χ3v) is 5.01. The summed E-state index contributed by atoms with van der Waals surface area (Å²) in [6, 6.07) is 8.95. The normalized spacial score (nSPS) is 15.2. The second-order valence-corrected chi connectivity index (χ2v) is 7.06. The van der Waals surface area contributed by atoms with Crippen LogP contribution in [-0.2, 0) is 6.42 Å². The van der Waals surface area contributed by atoms with Gasteiger partial charge in [0.05, 0.1) is 11.2 Å². The fourth-order valence-corrected chi connectivity index (χ4v) is 3.57. The molecule has 0 fully saturated rings. The predicted octanol–water partition coefficient (Wildman–Crippen LogP) is 2.89. The van der Waals surface area contributed by atoms with Crippen molar-refractivity contribution in [3.63, 3.8) is 0 Å². The minimum absolute atomic E-state index is 0.000782. The summed E-state index contributed by atoms with van der Waals surface area (Å²) in [5.41, 5.74) is 2.48. The molecule has 0 saturated heterocycles. The predicted molar refractivity (Wildman–Crippen MR) is 103 cm³/mol. The maximum Gasteiger partial charge on any atom is 0.349 e. The van der Waals surface area contributed by atoms with Gasteiger partial charge in [-0.25, -0.2) is 9.78 Å². The Hall–Kier alpha value is -3.13. The zero-order valence-corrected chi connectivity index (χ0v) is 16.0. The maximum atomic E-state index is 12.4. The quantitative estimate of drug-likeness (QED) is 0.711. The molecule has 0 bridgehead atoms. The number of aromatic nitrogens is 1. The highest BCUT2D eigenvalue weighted by Gasteiger charge is 2.26. The lowest BCUT2D eigenvalue weighted by Crippen LogP contribution is -2.32. The van der Waals surface area contributed by atoms with E-state index in [0.717, 1.165) is 5.69 Å². The first-order valence-electron chi connectivity index (χ1n) is 8.80. The van der Waals surface area contributed by atoms with Crippen molar-refractivity contribution in [2.45, 2.75) is 19.4 Å². The number of nitrogens with one attached hydrogen (secondary N) is 1. The number of hydrogen-bond donors (Lipinski definition) is 1. The SMILES string of the molecule is Cc1cc(C2COc3ccccc3O2)oc(=O)c1C(=O)NCCc1cscn1. The summed E-state index contributed by atoms with van der Waals surface area (Å²) in [5.74, 6) is 1.10. The van der Waals surface area contributed by atoms with Gasteiger partial charge < -0.3 is 19.2 Å². The number of aryl methyl sites for hydroxylation is 1. The average molecular weight is 398 g/mol. The molecule has 1 aromatic carbocycles. The van der Waals surface area contributed by atoms with E-state index in [9.17, 15) is 9.59 Å². The first-order chi connectivity index (χ1) is 13.6. The molecular weight excluding hydrogens is 380 g/mol. The lowest BCUT2D eigenvalue weighted by atomic mass is 10.1. The van der Waals surface area contributed by atoms with Crippen LogP contribution in [0.3, 0.4) is 0 Å². The number of hydrogen-bond acceptors (Lipinski definition) is 7. The van der Waals surface area contributed by atoms with E-state index in [-0.39, 0.29) is 12.2 Å². The van der Waals surface area contributed by atoms with Gasteiger partial charge in [0.1, 0.15) is 12.2 Å². The summed E-state index contributed by atoms with van der Waals surface area (Å²) in [4.78, 5) is 29.0. The molecule has 0 aliphatic carbocycles. The average Bonchev–Trinajstić information content (AvgIpc) is 3.20. The number of carbonyl (C=O) groups is 1. The number of para-hydroxylation sites is 2. The molecule has 0 radical (unpaired) electrons. The van der Waals surface area contributed by atoms with Gasteiger partial charge in [-0.05, 0) is 30.7 Å². The number of carbonyl (C=O) groups excluding carboxylic acids is 1. The Morgan fingerprint density at radius 3 is 2.89 bits per heavy atom. The molecule has 1 N–H and O–H groups in total. The Labute approximate surface area is 164 Å². The zero-order valence-electron chi connectivity index (χ0n) is 15.1. The van der Waals surface area contributed by atoms with Crippen molar-refractivity contribution in [3.05, 3.63) is 74.2 Å². The highest BCUT2D eigenvalue weighted by Crippen LogP contribution is 2.35. The van der Waals surface area contributed by atoms with Crippen LogP contribution in [0.2, 0.25) is 0 Å². The van der Waals surface area contributed by atoms with Crippen molar-refractivity contribution >= 4 is 17.2 Å². The maximum absolute atomic E-state index is 12.4. The molecule has 1 amide bonds. The van der Waals surface area contributed by atoms with Gasteiger partial charge in [0, 0.05) is 18.3 Å². The Balaban J connectivity index is 1.47. The van der Waals surface area contributed by atoms with Gasteiger partial charge in [0.25, 0.3) is 5.91 Å². The summed E-state index contributed by atoms with van der Waals surface area (Å²) >= 11 is 1.50. The molecule has 4 rings (SSSR count). The molecule has 28 heavy (non-hydrogen) atoms. The molecule has 1 aliphatic rings. The summed E-state index contributed by atoms with van der Waals surface area (Å²) in [6.07, 6.45) is 0.0488. The lowest BCUT2D eigenvalue weighted by Gasteiger charge is -2.25. The topological polar surface area (TPSA) is 90.7 Å². The van der Waals surface area contributed by atoms with E-state index in [4.69, 9.17) is 13.9 Å². The van der Waals surface area contributed by atoms with Gasteiger partial charge in [-0.15, -0.1) is 11.3 Å². The minimum atomic E-state index is -0.691. The van der Waals surface area contributed by atoms with Crippen LogP contribution in [0.5, 0.6) is 11.5 Å². The van der Waals surface area contributed by atoms with Crippen LogP contribution in [0, 0.1) is 6.92 Å². The first-order valence-corrected chi connectivity index (χ1v) is 9.74. The second-order valence-electron chi connectivity index (χ2n) is 6.34. The van der Waals surface area contributed by atoms with Crippen molar-refractivity contribution in [3.8, 4) is 11.5 Å². The van der Waals surface area contributed by atoms with E-state index >= 15 is 0 Å². The van der Waals surface area contributed by atoms with Gasteiger partial charge in [-0.1, -0.05) is 12.1 Å². The van der Waals surface area contributed by atoms with Crippen molar-refractivity contribution in [1.82, 2.24) is 10.3 Å². The molecule has 0 saturated carbocycles. The fraction of sp³-hybridized carbons (Fsp3) is 0.250. The number of benzene rings is 1. The molecule has 8 heteroatoms. The van der Waals surface area contributed by atoms with E-state index in [1.54, 1.807) is 24.6 Å². The smallest absolute Gasteiger partial charge is 0.349 e. The highest BCUT2D eigenvalue weighted by molar-refractivity contribution is 7.07. The molecule has 2 aromatic heterocycles. The molecule has 7 nitrogen and oxygen atoms in total. The minimum Gasteiger partial charge on any atom is -0.485 e. The number of ether oxygens (including phenoxy) is 2. The van der Waals surface area contributed by atoms with Gasteiger partial charge >= 0.3 is 5.63 Å². The lowest BCUT2D eigenvalue weighted by molar-refractivity contribution is 0.0721. The number of rotatable bonds is 5.